The zero-order valence-corrected chi connectivity index (χ0v) is 22.7. The van der Waals surface area contributed by atoms with Crippen LogP contribution in [0, 0.1) is 23.2 Å². The van der Waals surface area contributed by atoms with E-state index in [9.17, 15) is 24.9 Å². The summed E-state index contributed by atoms with van der Waals surface area (Å²) in [5.41, 5.74) is -1.97. The molecule has 2 aliphatic carbocycles. The fourth-order valence-corrected chi connectivity index (χ4v) is 7.47. The summed E-state index contributed by atoms with van der Waals surface area (Å²) in [5, 5.41) is 34.3. The predicted molar refractivity (Wildman–Crippen MR) is 143 cm³/mol. The van der Waals surface area contributed by atoms with E-state index < -0.39 is 65.5 Å². The minimum Gasteiger partial charge on any atom is -0.499 e. The minimum absolute atomic E-state index is 0.00952. The molecule has 0 unspecified atom stereocenters. The second-order valence-corrected chi connectivity index (χ2v) is 11.4. The number of carbonyl (C=O) groups is 2. The van der Waals surface area contributed by atoms with Crippen LogP contribution in [0.3, 0.4) is 0 Å². The summed E-state index contributed by atoms with van der Waals surface area (Å²) in [6, 6.07) is 1.83. The van der Waals surface area contributed by atoms with Crippen LogP contribution < -0.4 is 10.6 Å². The standard InChI is InChI=1S/C30H35NO10/c1-3-18-19(11-23(32)33)20(27(36)37-2)13-29-8-4-5-17(29)7-10-38-15-22-30(12-16-6-9-31-21(16)14-39-30)25(35)24(34)28(40-22)41-26(18)29/h3,6-7,9-10,12-14,17-19,22,24-26,28,31,34-35H,1,4-5,8,11,15H2,2H3,(H,32,33)/b10-7+/t17-,18-,19+,22-,24-,25-,26+,28+,29-,30-/m1/s1. The molecule has 11 nitrogen and oxygen atoms in total. The molecule has 0 amide bonds. The quantitative estimate of drug-likeness (QED) is 0.297. The first-order valence-electron chi connectivity index (χ1n) is 13.9. The van der Waals surface area contributed by atoms with Gasteiger partial charge in [-0.05, 0) is 37.0 Å². The van der Waals surface area contributed by atoms with Crippen LogP contribution >= 0.6 is 0 Å². The molecule has 1 saturated heterocycles. The monoisotopic (exact) mass is 569 g/mol. The molecule has 10 atom stereocenters. The number of ether oxygens (including phenoxy) is 5. The van der Waals surface area contributed by atoms with Crippen LogP contribution in [0.25, 0.3) is 12.3 Å². The number of fused-ring (bicyclic) bond motifs is 4. The normalized spacial score (nSPS) is 41.8. The third kappa shape index (κ3) is 4.34. The van der Waals surface area contributed by atoms with Gasteiger partial charge in [-0.3, -0.25) is 4.79 Å². The number of carbonyl (C=O) groups excluding carboxylic acids is 1. The van der Waals surface area contributed by atoms with Crippen molar-refractivity contribution in [2.24, 2.45) is 23.2 Å². The number of aliphatic carboxylic acids is 1. The molecule has 2 bridgehead atoms. The van der Waals surface area contributed by atoms with Crippen LogP contribution in [-0.2, 0) is 33.3 Å². The van der Waals surface area contributed by atoms with Gasteiger partial charge in [0, 0.05) is 34.2 Å². The molecule has 5 aliphatic rings. The number of nitrogens with one attached hydrogen (secondary N) is 1. The zero-order valence-electron chi connectivity index (χ0n) is 22.7. The Hall–Kier alpha value is -3.38. The van der Waals surface area contributed by atoms with E-state index in [0.717, 1.165) is 23.4 Å². The average Bonchev–Trinajstić information content (AvgIpc) is 3.59. The fourth-order valence-electron chi connectivity index (χ4n) is 7.47. The van der Waals surface area contributed by atoms with Gasteiger partial charge < -0.3 is 44.0 Å². The fraction of sp³-hybridized carbons (Fsp3) is 0.533. The molecule has 0 radical (unpaired) electrons. The molecule has 1 aromatic rings. The Morgan fingerprint density at radius 3 is 2.85 bits per heavy atom. The van der Waals surface area contributed by atoms with Crippen LogP contribution in [0.1, 0.15) is 25.7 Å². The summed E-state index contributed by atoms with van der Waals surface area (Å²) in [4.78, 5) is 28.0. The zero-order chi connectivity index (χ0) is 28.9. The summed E-state index contributed by atoms with van der Waals surface area (Å²) >= 11 is 0. The van der Waals surface area contributed by atoms with Gasteiger partial charge in [0.1, 0.15) is 31.2 Å². The number of aliphatic hydroxyl groups is 2. The van der Waals surface area contributed by atoms with Gasteiger partial charge in [0.05, 0.1) is 31.2 Å². The van der Waals surface area contributed by atoms with Crippen molar-refractivity contribution in [3.8, 4) is 0 Å². The predicted octanol–water partition coefficient (Wildman–Crippen LogP) is 0.471. The Morgan fingerprint density at radius 1 is 1.27 bits per heavy atom. The van der Waals surface area contributed by atoms with Crippen molar-refractivity contribution in [2.75, 3.05) is 13.7 Å². The molecular weight excluding hydrogens is 534 g/mol. The molecule has 1 aromatic heterocycles. The number of carboxylic acid groups (broad SMARTS) is 1. The van der Waals surface area contributed by atoms with E-state index in [1.165, 1.54) is 13.4 Å². The first-order valence-corrected chi connectivity index (χ1v) is 13.9. The molecule has 2 fully saturated rings. The Morgan fingerprint density at radius 2 is 2.10 bits per heavy atom. The SMILES string of the molecule is C=C[C@@H]1[C@H](CC(=O)O)C(C(=O)OC)=C[C@]23CCC[C@@H]2/C=C/OC[C@H]2O[C@@H](O[C@@H]13)[C@H](O)[C@@H](O)[C@@]21C=c2cc[nH]c2=CO1. The number of H-pyrrole nitrogens is 1. The number of esters is 1. The van der Waals surface area contributed by atoms with Gasteiger partial charge in [-0.25, -0.2) is 4.79 Å². The summed E-state index contributed by atoms with van der Waals surface area (Å²) in [7, 11) is 1.27. The number of carboxylic acids is 1. The Bertz CT molecular complexity index is 1400. The largest absolute Gasteiger partial charge is 0.499 e. The lowest BCUT2D eigenvalue weighted by atomic mass is 9.59. The highest BCUT2D eigenvalue weighted by Gasteiger charge is 2.61. The molecule has 11 heteroatoms. The van der Waals surface area contributed by atoms with Crippen LogP contribution in [0.2, 0.25) is 0 Å². The van der Waals surface area contributed by atoms with E-state index in [0.29, 0.717) is 6.42 Å². The number of aliphatic hydroxyl groups excluding tert-OH is 2. The molecule has 0 aromatic carbocycles. The third-order valence-electron chi connectivity index (χ3n) is 9.45. The number of hydrogen-bond acceptors (Lipinski definition) is 9. The third-order valence-corrected chi connectivity index (χ3v) is 9.45. The lowest BCUT2D eigenvalue weighted by Crippen LogP contribution is -2.69. The number of rotatable bonds is 4. The van der Waals surface area contributed by atoms with E-state index in [1.807, 2.05) is 18.2 Å². The van der Waals surface area contributed by atoms with E-state index >= 15 is 0 Å². The van der Waals surface area contributed by atoms with E-state index in [4.69, 9.17) is 23.7 Å². The highest BCUT2D eigenvalue weighted by Crippen LogP contribution is 2.57. The van der Waals surface area contributed by atoms with Gasteiger partial charge in [-0.1, -0.05) is 18.6 Å². The molecule has 3 aliphatic heterocycles. The van der Waals surface area contributed by atoms with E-state index in [1.54, 1.807) is 24.6 Å². The maximum absolute atomic E-state index is 13.0. The molecule has 220 valence electrons. The van der Waals surface area contributed by atoms with Gasteiger partial charge in [-0.15, -0.1) is 6.58 Å². The molecule has 6 rings (SSSR count). The van der Waals surface area contributed by atoms with Crippen LogP contribution in [0.5, 0.6) is 0 Å². The lowest BCUT2D eigenvalue weighted by Gasteiger charge is -2.53. The molecule has 4 heterocycles. The number of methoxy groups -OCH3 is 1. The molecule has 41 heavy (non-hydrogen) atoms. The Labute approximate surface area is 236 Å². The van der Waals surface area contributed by atoms with Crippen molar-refractivity contribution < 1.29 is 48.6 Å². The highest BCUT2D eigenvalue weighted by atomic mass is 16.7. The number of allylic oxidation sites excluding steroid dienone is 1. The van der Waals surface area contributed by atoms with Crippen molar-refractivity contribution in [2.45, 2.75) is 62.0 Å². The Kier molecular flexibility index (Phi) is 7.09. The number of aromatic amines is 1. The molecule has 2 spiro atoms. The topological polar surface area (TPSA) is 157 Å². The summed E-state index contributed by atoms with van der Waals surface area (Å²) in [6.45, 7) is 3.99. The van der Waals surface area contributed by atoms with Crippen molar-refractivity contribution in [3.63, 3.8) is 0 Å². The molecule has 1 saturated carbocycles. The van der Waals surface area contributed by atoms with Gasteiger partial charge in [0.25, 0.3) is 0 Å². The Balaban J connectivity index is 1.46. The molecular formula is C30H35NO10. The smallest absolute Gasteiger partial charge is 0.333 e. The summed E-state index contributed by atoms with van der Waals surface area (Å²) in [5.74, 6) is -3.26. The van der Waals surface area contributed by atoms with Gasteiger partial charge in [0.15, 0.2) is 11.9 Å². The van der Waals surface area contributed by atoms with Gasteiger partial charge in [-0.2, -0.15) is 0 Å². The lowest BCUT2D eigenvalue weighted by molar-refractivity contribution is -0.334. The van der Waals surface area contributed by atoms with E-state index in [-0.39, 0.29) is 24.5 Å². The van der Waals surface area contributed by atoms with Gasteiger partial charge in [0.2, 0.25) is 0 Å². The maximum Gasteiger partial charge on any atom is 0.333 e. The maximum atomic E-state index is 13.0. The first kappa shape index (κ1) is 27.8. The van der Waals surface area contributed by atoms with Gasteiger partial charge >= 0.3 is 11.9 Å². The van der Waals surface area contributed by atoms with E-state index in [2.05, 4.69) is 11.6 Å². The summed E-state index contributed by atoms with van der Waals surface area (Å²) < 4.78 is 30.1. The van der Waals surface area contributed by atoms with Crippen molar-refractivity contribution in [3.05, 3.63) is 59.5 Å². The first-order chi connectivity index (χ1) is 19.7. The summed E-state index contributed by atoms with van der Waals surface area (Å²) in [6.07, 6.45) is 7.82. The van der Waals surface area contributed by atoms with Crippen LogP contribution in [0.15, 0.2) is 48.9 Å². The van der Waals surface area contributed by atoms with Crippen LogP contribution in [0.4, 0.5) is 0 Å². The number of aromatic nitrogens is 1. The second-order valence-electron chi connectivity index (χ2n) is 11.4. The van der Waals surface area contributed by atoms with Crippen molar-refractivity contribution >= 4 is 24.3 Å². The van der Waals surface area contributed by atoms with Crippen molar-refractivity contribution in [1.29, 1.82) is 0 Å². The number of hydrogen-bond donors (Lipinski definition) is 4. The minimum atomic E-state index is -1.53. The van der Waals surface area contributed by atoms with Crippen molar-refractivity contribution in [1.82, 2.24) is 4.98 Å². The molecule has 4 N–H and O–H groups in total. The second kappa shape index (κ2) is 10.5. The van der Waals surface area contributed by atoms with Crippen LogP contribution in [-0.4, -0.2) is 82.3 Å². The average molecular weight is 570 g/mol. The highest BCUT2D eigenvalue weighted by molar-refractivity contribution is 5.90.